The van der Waals surface area contributed by atoms with E-state index in [1.54, 1.807) is 6.92 Å². The average molecular weight is 210 g/mol. The summed E-state index contributed by atoms with van der Waals surface area (Å²) in [6, 6.07) is 1.10. The summed E-state index contributed by atoms with van der Waals surface area (Å²) in [5, 5.41) is 2.32. The Bertz CT molecular complexity index is 435. The molecule has 0 spiro atoms. The molecule has 1 amide bonds. The zero-order chi connectivity index (χ0) is 11.3. The Morgan fingerprint density at radius 3 is 3.00 bits per heavy atom. The zero-order valence-electron chi connectivity index (χ0n) is 7.97. The van der Waals surface area contributed by atoms with Crippen molar-refractivity contribution in [3.63, 3.8) is 0 Å². The summed E-state index contributed by atoms with van der Waals surface area (Å²) in [6.45, 7) is 1.71. The SMILES string of the molecule is CC#CCNC(=O)c1ccnc(F)c1F. The summed E-state index contributed by atoms with van der Waals surface area (Å²) in [7, 11) is 0. The molecule has 1 aromatic rings. The number of amides is 1. The van der Waals surface area contributed by atoms with Crippen molar-refractivity contribution in [1.82, 2.24) is 10.3 Å². The lowest BCUT2D eigenvalue weighted by atomic mass is 10.2. The van der Waals surface area contributed by atoms with Crippen LogP contribution in [0, 0.1) is 23.6 Å². The van der Waals surface area contributed by atoms with Gasteiger partial charge in [0.1, 0.15) is 0 Å². The maximum atomic E-state index is 13.0. The number of aromatic nitrogens is 1. The van der Waals surface area contributed by atoms with Crippen LogP contribution in [0.15, 0.2) is 12.3 Å². The van der Waals surface area contributed by atoms with Crippen molar-refractivity contribution in [1.29, 1.82) is 0 Å². The normalized spacial score (nSPS) is 9.00. The highest BCUT2D eigenvalue weighted by Gasteiger charge is 2.14. The molecule has 1 aromatic heterocycles. The second kappa shape index (κ2) is 5.05. The van der Waals surface area contributed by atoms with Gasteiger partial charge in [0.2, 0.25) is 5.95 Å². The summed E-state index contributed by atoms with van der Waals surface area (Å²) in [6.07, 6.45) is 1.03. The van der Waals surface area contributed by atoms with Crippen molar-refractivity contribution in [2.45, 2.75) is 6.92 Å². The van der Waals surface area contributed by atoms with Crippen molar-refractivity contribution in [2.75, 3.05) is 6.54 Å². The fraction of sp³-hybridized carbons (Fsp3) is 0.200. The molecule has 1 N–H and O–H groups in total. The molecule has 0 bridgehead atoms. The van der Waals surface area contributed by atoms with Crippen molar-refractivity contribution < 1.29 is 13.6 Å². The Morgan fingerprint density at radius 1 is 1.60 bits per heavy atom. The molecule has 0 radical (unpaired) electrons. The van der Waals surface area contributed by atoms with Gasteiger partial charge in [0.15, 0.2) is 5.82 Å². The largest absolute Gasteiger partial charge is 0.341 e. The first-order chi connectivity index (χ1) is 7.16. The molecule has 0 atom stereocenters. The molecule has 0 fully saturated rings. The molecule has 0 saturated heterocycles. The first-order valence-corrected chi connectivity index (χ1v) is 4.14. The number of carbonyl (C=O) groups is 1. The van der Waals surface area contributed by atoms with Crippen LogP contribution in [0.5, 0.6) is 0 Å². The fourth-order valence-corrected chi connectivity index (χ4v) is 0.902. The molecule has 5 heteroatoms. The van der Waals surface area contributed by atoms with E-state index in [2.05, 4.69) is 22.1 Å². The molecule has 0 aliphatic carbocycles. The van der Waals surface area contributed by atoms with Gasteiger partial charge in [-0.1, -0.05) is 5.92 Å². The molecule has 0 saturated carbocycles. The van der Waals surface area contributed by atoms with Crippen LogP contribution < -0.4 is 5.32 Å². The first kappa shape index (κ1) is 11.1. The van der Waals surface area contributed by atoms with Gasteiger partial charge < -0.3 is 5.32 Å². The number of rotatable bonds is 2. The Kier molecular flexibility index (Phi) is 3.75. The van der Waals surface area contributed by atoms with Crippen LogP contribution in [-0.4, -0.2) is 17.4 Å². The Balaban J connectivity index is 2.81. The predicted molar refractivity (Wildman–Crippen MR) is 49.9 cm³/mol. The minimum atomic E-state index is -1.29. The van der Waals surface area contributed by atoms with Crippen LogP contribution >= 0.6 is 0 Å². The van der Waals surface area contributed by atoms with E-state index in [0.717, 1.165) is 12.3 Å². The minimum absolute atomic E-state index is 0.0959. The van der Waals surface area contributed by atoms with E-state index in [0.29, 0.717) is 0 Å². The number of hydrogen-bond acceptors (Lipinski definition) is 2. The molecule has 1 heterocycles. The van der Waals surface area contributed by atoms with Crippen LogP contribution in [0.25, 0.3) is 0 Å². The van der Waals surface area contributed by atoms with Crippen molar-refractivity contribution >= 4 is 5.91 Å². The highest BCUT2D eigenvalue weighted by Crippen LogP contribution is 2.08. The second-order valence-corrected chi connectivity index (χ2v) is 2.57. The van der Waals surface area contributed by atoms with Crippen molar-refractivity contribution in [3.8, 4) is 11.8 Å². The molecule has 1 rings (SSSR count). The van der Waals surface area contributed by atoms with Crippen LogP contribution in [0.1, 0.15) is 17.3 Å². The molecule has 0 aromatic carbocycles. The van der Waals surface area contributed by atoms with Gasteiger partial charge in [-0.2, -0.15) is 4.39 Å². The van der Waals surface area contributed by atoms with Gasteiger partial charge in [-0.05, 0) is 13.0 Å². The Hall–Kier alpha value is -1.96. The van der Waals surface area contributed by atoms with E-state index in [1.807, 2.05) is 0 Å². The lowest BCUT2D eigenvalue weighted by Crippen LogP contribution is -2.25. The average Bonchev–Trinajstić information content (AvgIpc) is 2.22. The van der Waals surface area contributed by atoms with Crippen LogP contribution in [0.2, 0.25) is 0 Å². The van der Waals surface area contributed by atoms with E-state index >= 15 is 0 Å². The van der Waals surface area contributed by atoms with E-state index < -0.39 is 17.7 Å². The highest BCUT2D eigenvalue weighted by molar-refractivity contribution is 5.94. The third-order valence-electron chi connectivity index (χ3n) is 1.61. The van der Waals surface area contributed by atoms with Gasteiger partial charge in [0, 0.05) is 6.20 Å². The lowest BCUT2D eigenvalue weighted by Gasteiger charge is -2.02. The maximum Gasteiger partial charge on any atom is 0.255 e. The summed E-state index contributed by atoms with van der Waals surface area (Å²) in [5.41, 5.74) is -0.375. The summed E-state index contributed by atoms with van der Waals surface area (Å²) < 4.78 is 25.7. The topological polar surface area (TPSA) is 42.0 Å². The first-order valence-electron chi connectivity index (χ1n) is 4.14. The highest BCUT2D eigenvalue weighted by atomic mass is 19.2. The van der Waals surface area contributed by atoms with Gasteiger partial charge in [0.25, 0.3) is 5.91 Å². The van der Waals surface area contributed by atoms with Crippen LogP contribution in [-0.2, 0) is 0 Å². The van der Waals surface area contributed by atoms with Gasteiger partial charge in [0.05, 0.1) is 12.1 Å². The molecule has 0 aliphatic heterocycles. The monoisotopic (exact) mass is 210 g/mol. The zero-order valence-corrected chi connectivity index (χ0v) is 7.97. The molecular weight excluding hydrogens is 202 g/mol. The number of halogens is 2. The summed E-state index contributed by atoms with van der Waals surface area (Å²) in [5.74, 6) is 1.88. The third kappa shape index (κ3) is 2.74. The fourth-order valence-electron chi connectivity index (χ4n) is 0.902. The van der Waals surface area contributed by atoms with Crippen molar-refractivity contribution in [3.05, 3.63) is 29.6 Å². The number of nitrogens with one attached hydrogen (secondary N) is 1. The summed E-state index contributed by atoms with van der Waals surface area (Å²) in [4.78, 5) is 14.3. The van der Waals surface area contributed by atoms with Crippen LogP contribution in [0.3, 0.4) is 0 Å². The number of pyridine rings is 1. The standard InChI is InChI=1S/C10H8F2N2O/c1-2-3-5-14-10(15)7-4-6-13-9(12)8(7)11/h4,6H,5H2,1H3,(H,14,15). The molecule has 3 nitrogen and oxygen atoms in total. The Labute approximate surface area is 85.5 Å². The second-order valence-electron chi connectivity index (χ2n) is 2.57. The van der Waals surface area contributed by atoms with E-state index in [-0.39, 0.29) is 12.1 Å². The Morgan fingerprint density at radius 2 is 2.33 bits per heavy atom. The molecular formula is C10H8F2N2O. The quantitative estimate of drug-likeness (QED) is 0.587. The van der Waals surface area contributed by atoms with E-state index in [9.17, 15) is 13.6 Å². The minimum Gasteiger partial charge on any atom is -0.341 e. The van der Waals surface area contributed by atoms with Gasteiger partial charge in [-0.3, -0.25) is 4.79 Å². The number of carbonyl (C=O) groups excluding carboxylic acids is 1. The van der Waals surface area contributed by atoms with Crippen molar-refractivity contribution in [2.24, 2.45) is 0 Å². The van der Waals surface area contributed by atoms with E-state index in [1.165, 1.54) is 0 Å². The summed E-state index contributed by atoms with van der Waals surface area (Å²) >= 11 is 0. The molecule has 15 heavy (non-hydrogen) atoms. The van der Waals surface area contributed by atoms with E-state index in [4.69, 9.17) is 0 Å². The molecule has 0 aliphatic rings. The molecule has 0 unspecified atom stereocenters. The lowest BCUT2D eigenvalue weighted by molar-refractivity contribution is 0.0953. The third-order valence-corrected chi connectivity index (χ3v) is 1.61. The van der Waals surface area contributed by atoms with Gasteiger partial charge in [-0.25, -0.2) is 9.37 Å². The predicted octanol–water partition coefficient (Wildman–Crippen LogP) is 1.11. The number of nitrogens with zero attached hydrogens (tertiary/aromatic N) is 1. The van der Waals surface area contributed by atoms with Gasteiger partial charge in [-0.15, -0.1) is 5.92 Å². The molecule has 78 valence electrons. The number of hydrogen-bond donors (Lipinski definition) is 1. The smallest absolute Gasteiger partial charge is 0.255 e. The van der Waals surface area contributed by atoms with Crippen LogP contribution in [0.4, 0.5) is 8.78 Å². The van der Waals surface area contributed by atoms with Gasteiger partial charge >= 0.3 is 0 Å². The maximum absolute atomic E-state index is 13.0.